The molecular weight excluding hydrogens is 431 g/mol. The van der Waals surface area contributed by atoms with Gasteiger partial charge in [-0.05, 0) is 19.1 Å². The van der Waals surface area contributed by atoms with Crippen molar-refractivity contribution in [3.63, 3.8) is 0 Å². The number of aromatic nitrogens is 2. The van der Waals surface area contributed by atoms with Gasteiger partial charge in [-0.3, -0.25) is 15.0 Å². The van der Waals surface area contributed by atoms with Crippen LogP contribution in [0.1, 0.15) is 28.9 Å². The van der Waals surface area contributed by atoms with Crippen LogP contribution in [0.4, 0.5) is 29.7 Å². The Morgan fingerprint density at radius 1 is 1.19 bits per heavy atom. The van der Waals surface area contributed by atoms with E-state index in [0.29, 0.717) is 45.0 Å². The number of nitrogens with one attached hydrogen (secondary N) is 3. The number of amides is 3. The third kappa shape index (κ3) is 5.66. The van der Waals surface area contributed by atoms with E-state index in [1.54, 1.807) is 11.8 Å². The number of piperazine rings is 1. The number of halogens is 3. The van der Waals surface area contributed by atoms with Crippen molar-refractivity contribution in [2.45, 2.75) is 19.6 Å². The SMILES string of the molecule is CCNC(=O)Nc1ncc(CN2CCN(c3ccc(C(=O)NC)nc3C(F)(F)F)CC2)o1. The molecule has 1 saturated heterocycles. The molecule has 10 nitrogen and oxygen atoms in total. The van der Waals surface area contributed by atoms with Gasteiger partial charge in [-0.1, -0.05) is 0 Å². The van der Waals surface area contributed by atoms with E-state index in [1.807, 2.05) is 4.90 Å². The van der Waals surface area contributed by atoms with Crippen LogP contribution in [0.2, 0.25) is 0 Å². The Balaban J connectivity index is 1.63. The molecule has 0 saturated carbocycles. The molecule has 1 fully saturated rings. The first-order valence-electron chi connectivity index (χ1n) is 9.98. The number of anilines is 2. The molecule has 174 valence electrons. The van der Waals surface area contributed by atoms with E-state index < -0.39 is 23.8 Å². The zero-order chi connectivity index (χ0) is 23.3. The van der Waals surface area contributed by atoms with E-state index in [2.05, 4.69) is 25.9 Å². The zero-order valence-corrected chi connectivity index (χ0v) is 17.6. The molecule has 13 heteroatoms. The van der Waals surface area contributed by atoms with Crippen LogP contribution in [-0.4, -0.2) is 66.6 Å². The highest BCUT2D eigenvalue weighted by atomic mass is 19.4. The Bertz CT molecular complexity index is 956. The molecular formula is C19H24F3N7O3. The van der Waals surface area contributed by atoms with Gasteiger partial charge >= 0.3 is 18.2 Å². The van der Waals surface area contributed by atoms with Crippen LogP contribution in [0.5, 0.6) is 0 Å². The highest BCUT2D eigenvalue weighted by Gasteiger charge is 2.38. The van der Waals surface area contributed by atoms with Crippen LogP contribution in [0.3, 0.4) is 0 Å². The average Bonchev–Trinajstić information content (AvgIpc) is 3.19. The van der Waals surface area contributed by atoms with Gasteiger partial charge in [0.15, 0.2) is 5.69 Å². The van der Waals surface area contributed by atoms with Gasteiger partial charge < -0.3 is 20.0 Å². The molecule has 0 bridgehead atoms. The highest BCUT2D eigenvalue weighted by molar-refractivity contribution is 5.92. The number of rotatable bonds is 6. The van der Waals surface area contributed by atoms with Gasteiger partial charge in [0.05, 0.1) is 18.4 Å². The monoisotopic (exact) mass is 455 g/mol. The lowest BCUT2D eigenvalue weighted by molar-refractivity contribution is -0.140. The number of nitrogens with zero attached hydrogens (tertiary/aromatic N) is 4. The fourth-order valence-corrected chi connectivity index (χ4v) is 3.28. The van der Waals surface area contributed by atoms with Crippen molar-refractivity contribution in [2.75, 3.05) is 50.0 Å². The number of carbonyl (C=O) groups excluding carboxylic acids is 2. The maximum atomic E-state index is 13.6. The number of carbonyl (C=O) groups is 2. The maximum absolute atomic E-state index is 13.6. The molecule has 32 heavy (non-hydrogen) atoms. The van der Waals surface area contributed by atoms with Crippen molar-refractivity contribution in [3.8, 4) is 0 Å². The molecule has 0 aromatic carbocycles. The smallest absolute Gasteiger partial charge is 0.427 e. The predicted octanol–water partition coefficient (Wildman–Crippen LogP) is 1.91. The molecule has 1 aliphatic rings. The minimum Gasteiger partial charge on any atom is -0.427 e. The summed E-state index contributed by atoms with van der Waals surface area (Å²) in [6, 6.07) is 2.21. The Hall–Kier alpha value is -3.35. The topological polar surface area (TPSA) is 116 Å². The van der Waals surface area contributed by atoms with E-state index in [0.717, 1.165) is 0 Å². The van der Waals surface area contributed by atoms with Crippen molar-refractivity contribution in [1.82, 2.24) is 25.5 Å². The van der Waals surface area contributed by atoms with Gasteiger partial charge in [-0.2, -0.15) is 13.2 Å². The van der Waals surface area contributed by atoms with E-state index in [4.69, 9.17) is 4.42 Å². The molecule has 1 aliphatic heterocycles. The summed E-state index contributed by atoms with van der Waals surface area (Å²) in [5.74, 6) is -0.155. The quantitative estimate of drug-likeness (QED) is 0.610. The third-order valence-corrected chi connectivity index (χ3v) is 4.81. The summed E-state index contributed by atoms with van der Waals surface area (Å²) in [6.45, 7) is 4.28. The Morgan fingerprint density at radius 3 is 2.53 bits per heavy atom. The summed E-state index contributed by atoms with van der Waals surface area (Å²) >= 11 is 0. The van der Waals surface area contributed by atoms with Crippen molar-refractivity contribution in [2.24, 2.45) is 0 Å². The van der Waals surface area contributed by atoms with Crippen LogP contribution >= 0.6 is 0 Å². The largest absolute Gasteiger partial charge is 0.435 e. The van der Waals surface area contributed by atoms with Crippen LogP contribution < -0.4 is 20.9 Å². The molecule has 0 spiro atoms. The summed E-state index contributed by atoms with van der Waals surface area (Å²) in [5, 5.41) is 7.31. The normalized spacial score (nSPS) is 14.8. The van der Waals surface area contributed by atoms with Crippen molar-refractivity contribution < 1.29 is 27.2 Å². The first-order chi connectivity index (χ1) is 15.2. The second-order valence-electron chi connectivity index (χ2n) is 7.02. The molecule has 3 amide bonds. The standard InChI is InChI=1S/C19H24F3N7O3/c1-3-24-17(31)27-18-25-10-12(32-18)11-28-6-8-29(9-7-28)14-5-4-13(16(30)23-2)26-15(14)19(20,21)22/h4-5,10H,3,6-9,11H2,1-2H3,(H,23,30)(H2,24,25,27,31). The average molecular weight is 455 g/mol. The van der Waals surface area contributed by atoms with Gasteiger partial charge in [-0.25, -0.2) is 14.8 Å². The fourth-order valence-electron chi connectivity index (χ4n) is 3.28. The Kier molecular flexibility index (Phi) is 7.18. The fraction of sp³-hybridized carbons (Fsp3) is 0.474. The summed E-state index contributed by atoms with van der Waals surface area (Å²) in [7, 11) is 1.33. The number of hydrogen-bond acceptors (Lipinski definition) is 7. The highest BCUT2D eigenvalue weighted by Crippen LogP contribution is 2.35. The molecule has 0 aliphatic carbocycles. The molecule has 3 heterocycles. The molecule has 0 atom stereocenters. The summed E-state index contributed by atoms with van der Waals surface area (Å²) in [5.41, 5.74) is -1.43. The molecule has 3 rings (SSSR count). The van der Waals surface area contributed by atoms with Crippen molar-refractivity contribution >= 4 is 23.6 Å². The van der Waals surface area contributed by atoms with Gasteiger partial charge in [0.1, 0.15) is 11.5 Å². The number of hydrogen-bond donors (Lipinski definition) is 3. The summed E-state index contributed by atoms with van der Waals surface area (Å²) in [6.07, 6.45) is -3.19. The lowest BCUT2D eigenvalue weighted by Gasteiger charge is -2.36. The summed E-state index contributed by atoms with van der Waals surface area (Å²) < 4.78 is 46.2. The maximum Gasteiger partial charge on any atom is 0.435 e. The molecule has 2 aromatic heterocycles. The van der Waals surface area contributed by atoms with Crippen molar-refractivity contribution in [3.05, 3.63) is 35.5 Å². The van der Waals surface area contributed by atoms with Crippen LogP contribution in [0.15, 0.2) is 22.7 Å². The van der Waals surface area contributed by atoms with E-state index in [1.165, 1.54) is 25.4 Å². The summed E-state index contributed by atoms with van der Waals surface area (Å²) in [4.78, 5) is 34.4. The third-order valence-electron chi connectivity index (χ3n) is 4.81. The van der Waals surface area contributed by atoms with Crippen LogP contribution in [0, 0.1) is 0 Å². The second kappa shape index (κ2) is 9.85. The minimum atomic E-state index is -4.69. The van der Waals surface area contributed by atoms with Crippen molar-refractivity contribution in [1.29, 1.82) is 0 Å². The molecule has 2 aromatic rings. The molecule has 0 radical (unpaired) electrons. The number of alkyl halides is 3. The number of pyridine rings is 1. The molecule has 0 unspecified atom stereocenters. The lowest BCUT2D eigenvalue weighted by atomic mass is 10.2. The Labute approximate surface area is 182 Å². The Morgan fingerprint density at radius 2 is 1.91 bits per heavy atom. The zero-order valence-electron chi connectivity index (χ0n) is 17.6. The van der Waals surface area contributed by atoms with Gasteiger partial charge in [-0.15, -0.1) is 0 Å². The van der Waals surface area contributed by atoms with Gasteiger partial charge in [0, 0.05) is 39.8 Å². The first-order valence-corrected chi connectivity index (χ1v) is 9.98. The molecule has 3 N–H and O–H groups in total. The van der Waals surface area contributed by atoms with Crippen LogP contribution in [0.25, 0.3) is 0 Å². The van der Waals surface area contributed by atoms with Gasteiger partial charge in [0.2, 0.25) is 0 Å². The first kappa shape index (κ1) is 23.3. The number of urea groups is 1. The number of oxazole rings is 1. The minimum absolute atomic E-state index is 0.0575. The second-order valence-corrected chi connectivity index (χ2v) is 7.02. The van der Waals surface area contributed by atoms with Gasteiger partial charge in [0.25, 0.3) is 5.91 Å². The van der Waals surface area contributed by atoms with Crippen LogP contribution in [-0.2, 0) is 12.7 Å². The predicted molar refractivity (Wildman–Crippen MR) is 109 cm³/mol. The van der Waals surface area contributed by atoms with E-state index in [-0.39, 0.29) is 17.4 Å². The van der Waals surface area contributed by atoms with E-state index in [9.17, 15) is 22.8 Å². The lowest BCUT2D eigenvalue weighted by Crippen LogP contribution is -2.46. The van der Waals surface area contributed by atoms with E-state index >= 15 is 0 Å².